The fourth-order valence-corrected chi connectivity index (χ4v) is 3.82. The van der Waals surface area contributed by atoms with E-state index in [9.17, 15) is 13.2 Å². The summed E-state index contributed by atoms with van der Waals surface area (Å²) in [7, 11) is -5.84. The summed E-state index contributed by atoms with van der Waals surface area (Å²) in [5, 5.41) is 3.67. The van der Waals surface area contributed by atoms with E-state index in [1.807, 2.05) is 0 Å². The summed E-state index contributed by atoms with van der Waals surface area (Å²) < 4.78 is 57.5. The Morgan fingerprint density at radius 2 is 1.75 bits per heavy atom. The number of halogens is 3. The van der Waals surface area contributed by atoms with E-state index in [-0.39, 0.29) is 0 Å². The molecule has 0 saturated carbocycles. The maximum absolute atomic E-state index is 10.7. The Morgan fingerprint density at radius 3 is 2.33 bits per heavy atom. The Morgan fingerprint density at radius 1 is 1.12 bits per heavy atom. The van der Waals surface area contributed by atoms with Gasteiger partial charge in [-0.2, -0.15) is 33.4 Å². The predicted molar refractivity (Wildman–Crippen MR) is 90.7 cm³/mol. The number of rotatable bonds is 2. The molecular formula is C16H17F3O3S2. The Labute approximate surface area is 143 Å². The van der Waals surface area contributed by atoms with Gasteiger partial charge in [0, 0.05) is 5.25 Å². The summed E-state index contributed by atoms with van der Waals surface area (Å²) in [5.41, 5.74) is -4.01. The van der Waals surface area contributed by atoms with Gasteiger partial charge in [-0.15, -0.1) is 0 Å². The minimum atomic E-state index is -5.84. The first-order valence-electron chi connectivity index (χ1n) is 7.30. The topological polar surface area (TPSA) is 54.4 Å². The minimum Gasteiger partial charge on any atom is -0.279 e. The molecule has 0 spiro atoms. The Hall–Kier alpha value is -1.25. The summed E-state index contributed by atoms with van der Waals surface area (Å²) in [5.74, 6) is 1.36. The van der Waals surface area contributed by atoms with Gasteiger partial charge in [0.2, 0.25) is 0 Å². The highest BCUT2D eigenvalue weighted by atomic mass is 32.2. The predicted octanol–water partition coefficient (Wildman–Crippen LogP) is 4.67. The van der Waals surface area contributed by atoms with Crippen molar-refractivity contribution in [2.24, 2.45) is 0 Å². The van der Waals surface area contributed by atoms with Crippen LogP contribution in [-0.4, -0.2) is 29.5 Å². The summed E-state index contributed by atoms with van der Waals surface area (Å²) in [6.07, 6.45) is 4.04. The molecule has 2 aromatic rings. The molecule has 24 heavy (non-hydrogen) atoms. The lowest BCUT2D eigenvalue weighted by Crippen LogP contribution is -2.21. The van der Waals surface area contributed by atoms with Crippen LogP contribution in [0.3, 0.4) is 0 Å². The van der Waals surface area contributed by atoms with Gasteiger partial charge in [0.15, 0.2) is 0 Å². The highest BCUT2D eigenvalue weighted by molar-refractivity contribution is 8.00. The van der Waals surface area contributed by atoms with Crippen molar-refractivity contribution in [2.45, 2.75) is 30.0 Å². The molecule has 8 heteroatoms. The molecule has 0 aliphatic carbocycles. The number of hydrogen-bond acceptors (Lipinski definition) is 3. The van der Waals surface area contributed by atoms with E-state index in [4.69, 9.17) is 13.0 Å². The van der Waals surface area contributed by atoms with Crippen molar-refractivity contribution in [2.75, 3.05) is 5.75 Å². The second-order valence-corrected chi connectivity index (χ2v) is 8.22. The van der Waals surface area contributed by atoms with Crippen molar-refractivity contribution in [1.29, 1.82) is 0 Å². The third-order valence-electron chi connectivity index (χ3n) is 3.64. The van der Waals surface area contributed by atoms with Crippen LogP contribution in [0.1, 0.15) is 18.4 Å². The zero-order chi connectivity index (χ0) is 17.8. The van der Waals surface area contributed by atoms with Crippen LogP contribution in [0, 0.1) is 0 Å². The quantitative estimate of drug-likeness (QED) is 0.609. The third kappa shape index (κ3) is 5.12. The Bertz CT molecular complexity index is 777. The van der Waals surface area contributed by atoms with Crippen LogP contribution in [0.4, 0.5) is 13.2 Å². The average Bonchev–Trinajstić information content (AvgIpc) is 2.99. The first-order valence-corrected chi connectivity index (χ1v) is 9.79. The minimum absolute atomic E-state index is 0.853. The fourth-order valence-electron chi connectivity index (χ4n) is 2.52. The van der Waals surface area contributed by atoms with Crippen molar-refractivity contribution in [3.8, 4) is 0 Å². The summed E-state index contributed by atoms with van der Waals surface area (Å²) >= 11 is 2.15. The molecule has 0 amide bonds. The number of fused-ring (bicyclic) bond motifs is 1. The van der Waals surface area contributed by atoms with Gasteiger partial charge < -0.3 is 0 Å². The molecule has 1 saturated heterocycles. The van der Waals surface area contributed by atoms with Crippen molar-refractivity contribution < 1.29 is 26.1 Å². The van der Waals surface area contributed by atoms with Crippen molar-refractivity contribution in [1.82, 2.24) is 0 Å². The SMILES string of the molecule is O=S(=O)(O)C(F)(F)F.c1ccc2c(CC3CCCS3)cccc2c1. The highest BCUT2D eigenvalue weighted by Crippen LogP contribution is 2.31. The summed E-state index contributed by atoms with van der Waals surface area (Å²) in [6.45, 7) is 0. The molecule has 1 aliphatic heterocycles. The van der Waals surface area contributed by atoms with E-state index >= 15 is 0 Å². The van der Waals surface area contributed by atoms with Crippen molar-refractivity contribution in [3.05, 3.63) is 48.0 Å². The van der Waals surface area contributed by atoms with Gasteiger partial charge in [-0.25, -0.2) is 0 Å². The monoisotopic (exact) mass is 378 g/mol. The molecule has 0 aromatic heterocycles. The summed E-state index contributed by atoms with van der Waals surface area (Å²) in [4.78, 5) is 0. The van der Waals surface area contributed by atoms with E-state index in [2.05, 4.69) is 54.2 Å². The van der Waals surface area contributed by atoms with Crippen LogP contribution in [-0.2, 0) is 16.5 Å². The average molecular weight is 378 g/mol. The molecule has 0 bridgehead atoms. The van der Waals surface area contributed by atoms with Gasteiger partial charge >= 0.3 is 15.6 Å². The molecule has 1 heterocycles. The molecule has 1 N–H and O–H groups in total. The molecule has 1 fully saturated rings. The largest absolute Gasteiger partial charge is 0.522 e. The van der Waals surface area contributed by atoms with Gasteiger partial charge in [0.25, 0.3) is 0 Å². The number of benzene rings is 2. The van der Waals surface area contributed by atoms with Gasteiger partial charge in [0.1, 0.15) is 0 Å². The van der Waals surface area contributed by atoms with Crippen molar-refractivity contribution >= 4 is 32.7 Å². The first-order chi connectivity index (χ1) is 11.2. The first kappa shape index (κ1) is 19.1. The van der Waals surface area contributed by atoms with Gasteiger partial charge in [-0.05, 0) is 41.4 Å². The maximum Gasteiger partial charge on any atom is 0.522 e. The molecule has 132 valence electrons. The van der Waals surface area contributed by atoms with Gasteiger partial charge in [-0.3, -0.25) is 4.55 Å². The van der Waals surface area contributed by atoms with Crippen molar-refractivity contribution in [3.63, 3.8) is 0 Å². The molecule has 3 rings (SSSR count). The van der Waals surface area contributed by atoms with Gasteiger partial charge in [0.05, 0.1) is 0 Å². The maximum atomic E-state index is 10.7. The normalized spacial score (nSPS) is 18.2. The van der Waals surface area contributed by atoms with E-state index in [0.29, 0.717) is 0 Å². The molecule has 1 unspecified atom stereocenters. The van der Waals surface area contributed by atoms with Crippen LogP contribution in [0.5, 0.6) is 0 Å². The molecule has 1 aliphatic rings. The lowest BCUT2D eigenvalue weighted by atomic mass is 10.00. The molecule has 1 atom stereocenters. The number of hydrogen-bond donors (Lipinski definition) is 1. The van der Waals surface area contributed by atoms with Crippen LogP contribution in [0.15, 0.2) is 42.5 Å². The van der Waals surface area contributed by atoms with Crippen LogP contribution >= 0.6 is 11.8 Å². The lowest BCUT2D eigenvalue weighted by Gasteiger charge is -2.11. The van der Waals surface area contributed by atoms with E-state index < -0.39 is 15.6 Å². The number of alkyl halides is 3. The molecular weight excluding hydrogens is 361 g/mol. The zero-order valence-electron chi connectivity index (χ0n) is 12.7. The van der Waals surface area contributed by atoms with Gasteiger partial charge in [-0.1, -0.05) is 42.5 Å². The van der Waals surface area contributed by atoms with Crippen LogP contribution < -0.4 is 0 Å². The van der Waals surface area contributed by atoms with Crippen LogP contribution in [0.25, 0.3) is 10.8 Å². The standard InChI is InChI=1S/C15H16S.CHF3O3S/c1-2-9-15-12(5-1)6-3-7-13(15)11-14-8-4-10-16-14;2-1(3,4)8(5,6)7/h1-3,5-7,9,14H,4,8,10-11H2;(H,5,6,7). The second kappa shape index (κ2) is 7.76. The molecule has 2 aromatic carbocycles. The molecule has 3 nitrogen and oxygen atoms in total. The van der Waals surface area contributed by atoms with Crippen LogP contribution in [0.2, 0.25) is 0 Å². The number of thioether (sulfide) groups is 1. The fraction of sp³-hybridized carbons (Fsp3) is 0.375. The Kier molecular flexibility index (Phi) is 6.17. The zero-order valence-corrected chi connectivity index (χ0v) is 14.3. The third-order valence-corrected chi connectivity index (χ3v) is 5.63. The highest BCUT2D eigenvalue weighted by Gasteiger charge is 2.44. The second-order valence-electron chi connectivity index (χ2n) is 5.40. The lowest BCUT2D eigenvalue weighted by molar-refractivity contribution is -0.0510. The molecule has 0 radical (unpaired) electrons. The van der Waals surface area contributed by atoms with E-state index in [1.54, 1.807) is 0 Å². The van der Waals surface area contributed by atoms with E-state index in [1.165, 1.54) is 41.4 Å². The summed E-state index contributed by atoms with van der Waals surface area (Å²) in [6, 6.07) is 15.4. The van der Waals surface area contributed by atoms with E-state index in [0.717, 1.165) is 5.25 Å². The smallest absolute Gasteiger partial charge is 0.279 e. The Balaban J connectivity index is 0.000000224.